The van der Waals surface area contributed by atoms with Crippen molar-refractivity contribution < 1.29 is 8.78 Å². The summed E-state index contributed by atoms with van der Waals surface area (Å²) in [6, 6.07) is 3.35. The van der Waals surface area contributed by atoms with E-state index in [4.69, 9.17) is 0 Å². The van der Waals surface area contributed by atoms with Gasteiger partial charge in [0.25, 0.3) is 0 Å². The van der Waals surface area contributed by atoms with E-state index in [-0.39, 0.29) is 6.04 Å². The number of hydrogen-bond donors (Lipinski definition) is 1. The van der Waals surface area contributed by atoms with Crippen LogP contribution in [0.1, 0.15) is 23.4 Å². The Labute approximate surface area is 102 Å². The number of thiazole rings is 1. The largest absolute Gasteiger partial charge is 0.306 e. The van der Waals surface area contributed by atoms with E-state index in [2.05, 4.69) is 10.3 Å². The van der Waals surface area contributed by atoms with Gasteiger partial charge in [-0.1, -0.05) is 6.92 Å². The van der Waals surface area contributed by atoms with Crippen LogP contribution in [0.5, 0.6) is 0 Å². The Morgan fingerprint density at radius 3 is 2.53 bits per heavy atom. The van der Waals surface area contributed by atoms with Crippen molar-refractivity contribution in [3.63, 3.8) is 0 Å². The lowest BCUT2D eigenvalue weighted by Gasteiger charge is -2.16. The van der Waals surface area contributed by atoms with Gasteiger partial charge in [0.15, 0.2) is 0 Å². The van der Waals surface area contributed by atoms with Gasteiger partial charge in [-0.15, -0.1) is 11.3 Å². The molecule has 0 spiro atoms. The molecule has 2 nitrogen and oxygen atoms in total. The van der Waals surface area contributed by atoms with Gasteiger partial charge in [-0.3, -0.25) is 4.98 Å². The highest BCUT2D eigenvalue weighted by molar-refractivity contribution is 7.09. The monoisotopic (exact) mass is 254 g/mol. The van der Waals surface area contributed by atoms with Crippen molar-refractivity contribution in [3.8, 4) is 0 Å². The molecular formula is C12H12F2N2S. The predicted octanol–water partition coefficient (Wildman–Crippen LogP) is 3.12. The lowest BCUT2D eigenvalue weighted by molar-refractivity contribution is 0.567. The molecule has 0 aliphatic rings. The Morgan fingerprint density at radius 2 is 2.00 bits per heavy atom. The first-order valence-corrected chi connectivity index (χ1v) is 6.16. The summed E-state index contributed by atoms with van der Waals surface area (Å²) in [5, 5.41) is 3.19. The van der Waals surface area contributed by atoms with Crippen molar-refractivity contribution >= 4 is 11.3 Å². The van der Waals surface area contributed by atoms with Crippen LogP contribution in [0.25, 0.3) is 0 Å². The highest BCUT2D eigenvalue weighted by Crippen LogP contribution is 2.26. The predicted molar refractivity (Wildman–Crippen MR) is 64.0 cm³/mol. The fourth-order valence-electron chi connectivity index (χ4n) is 1.70. The number of rotatable bonds is 4. The number of nitrogens with one attached hydrogen (secondary N) is 1. The summed E-state index contributed by atoms with van der Waals surface area (Å²) in [4.78, 5) is 4.93. The minimum atomic E-state index is -0.563. The molecule has 1 unspecified atom stereocenters. The van der Waals surface area contributed by atoms with Crippen molar-refractivity contribution in [2.45, 2.75) is 13.0 Å². The standard InChI is InChI=1S/C12H12F2N2S/c1-2-16-12(11-6-15-7-17-11)8-3-9(13)5-10(14)4-8/h3-7,12,16H,2H2,1H3. The molecule has 90 valence electrons. The average molecular weight is 254 g/mol. The van der Waals surface area contributed by atoms with Crippen LogP contribution < -0.4 is 5.32 Å². The summed E-state index contributed by atoms with van der Waals surface area (Å²) < 4.78 is 26.4. The van der Waals surface area contributed by atoms with E-state index in [1.54, 1.807) is 11.7 Å². The van der Waals surface area contributed by atoms with E-state index in [0.29, 0.717) is 12.1 Å². The van der Waals surface area contributed by atoms with Crippen molar-refractivity contribution in [3.05, 3.63) is 52.0 Å². The average Bonchev–Trinajstić information content (AvgIpc) is 2.77. The van der Waals surface area contributed by atoms with Crippen LogP contribution in [-0.4, -0.2) is 11.5 Å². The lowest BCUT2D eigenvalue weighted by atomic mass is 10.1. The molecule has 0 fully saturated rings. The highest BCUT2D eigenvalue weighted by atomic mass is 32.1. The third kappa shape index (κ3) is 2.87. The number of hydrogen-bond acceptors (Lipinski definition) is 3. The molecule has 0 saturated heterocycles. The van der Waals surface area contributed by atoms with Gasteiger partial charge in [0, 0.05) is 17.1 Å². The minimum absolute atomic E-state index is 0.210. The summed E-state index contributed by atoms with van der Waals surface area (Å²) in [6.07, 6.45) is 1.71. The van der Waals surface area contributed by atoms with Gasteiger partial charge < -0.3 is 5.32 Å². The zero-order valence-corrected chi connectivity index (χ0v) is 10.1. The van der Waals surface area contributed by atoms with Crippen LogP contribution in [-0.2, 0) is 0 Å². The molecule has 1 aromatic heterocycles. The van der Waals surface area contributed by atoms with Crippen molar-refractivity contribution in [1.82, 2.24) is 10.3 Å². The van der Waals surface area contributed by atoms with Gasteiger partial charge in [0.05, 0.1) is 11.6 Å². The SMILES string of the molecule is CCNC(c1cc(F)cc(F)c1)c1cncs1. The Hall–Kier alpha value is -1.33. The van der Waals surface area contributed by atoms with Gasteiger partial charge in [-0.2, -0.15) is 0 Å². The topological polar surface area (TPSA) is 24.9 Å². The Balaban J connectivity index is 2.38. The molecule has 0 amide bonds. The maximum atomic E-state index is 13.2. The molecule has 5 heteroatoms. The number of nitrogens with zero attached hydrogens (tertiary/aromatic N) is 1. The molecule has 1 atom stereocenters. The van der Waals surface area contributed by atoms with E-state index >= 15 is 0 Å². The lowest BCUT2D eigenvalue weighted by Crippen LogP contribution is -2.21. The first-order valence-electron chi connectivity index (χ1n) is 5.28. The molecule has 2 rings (SSSR count). The molecule has 1 N–H and O–H groups in total. The van der Waals surface area contributed by atoms with Gasteiger partial charge in [0.1, 0.15) is 11.6 Å². The maximum absolute atomic E-state index is 13.2. The molecule has 0 saturated carbocycles. The van der Waals surface area contributed by atoms with Crippen LogP contribution in [0.15, 0.2) is 29.9 Å². The Kier molecular flexibility index (Phi) is 3.81. The van der Waals surface area contributed by atoms with E-state index in [1.807, 2.05) is 6.92 Å². The first-order chi connectivity index (χ1) is 8.20. The molecular weight excluding hydrogens is 242 g/mol. The highest BCUT2D eigenvalue weighted by Gasteiger charge is 2.16. The second-order valence-corrected chi connectivity index (χ2v) is 4.52. The fourth-order valence-corrected chi connectivity index (χ4v) is 2.42. The molecule has 0 aliphatic carbocycles. The molecule has 17 heavy (non-hydrogen) atoms. The molecule has 0 radical (unpaired) electrons. The molecule has 2 aromatic rings. The van der Waals surface area contributed by atoms with Crippen molar-refractivity contribution in [2.24, 2.45) is 0 Å². The summed E-state index contributed by atoms with van der Waals surface area (Å²) in [7, 11) is 0. The van der Waals surface area contributed by atoms with E-state index in [9.17, 15) is 8.78 Å². The van der Waals surface area contributed by atoms with Crippen LogP contribution >= 0.6 is 11.3 Å². The normalized spacial score (nSPS) is 12.6. The van der Waals surface area contributed by atoms with E-state index in [1.165, 1.54) is 23.5 Å². The second kappa shape index (κ2) is 5.33. The second-order valence-electron chi connectivity index (χ2n) is 3.60. The van der Waals surface area contributed by atoms with Gasteiger partial charge in [0.2, 0.25) is 0 Å². The molecule has 1 heterocycles. The number of aromatic nitrogens is 1. The first kappa shape index (κ1) is 12.1. The number of benzene rings is 1. The zero-order valence-electron chi connectivity index (χ0n) is 9.28. The van der Waals surface area contributed by atoms with E-state index < -0.39 is 11.6 Å². The van der Waals surface area contributed by atoms with Crippen LogP contribution in [0, 0.1) is 11.6 Å². The molecule has 1 aromatic carbocycles. The van der Waals surface area contributed by atoms with Crippen LogP contribution in [0.4, 0.5) is 8.78 Å². The van der Waals surface area contributed by atoms with Gasteiger partial charge in [-0.25, -0.2) is 8.78 Å². The third-order valence-corrected chi connectivity index (χ3v) is 3.20. The zero-order chi connectivity index (χ0) is 12.3. The molecule has 0 bridgehead atoms. The third-order valence-electron chi connectivity index (χ3n) is 2.36. The maximum Gasteiger partial charge on any atom is 0.126 e. The fraction of sp³-hybridized carbons (Fsp3) is 0.250. The summed E-state index contributed by atoms with van der Waals surface area (Å²) >= 11 is 1.46. The quantitative estimate of drug-likeness (QED) is 0.906. The van der Waals surface area contributed by atoms with Gasteiger partial charge in [-0.05, 0) is 24.2 Å². The Morgan fingerprint density at radius 1 is 1.29 bits per heavy atom. The van der Waals surface area contributed by atoms with Crippen molar-refractivity contribution in [2.75, 3.05) is 6.54 Å². The van der Waals surface area contributed by atoms with Crippen LogP contribution in [0.3, 0.4) is 0 Å². The summed E-state index contributed by atoms with van der Waals surface area (Å²) in [6.45, 7) is 2.66. The minimum Gasteiger partial charge on any atom is -0.306 e. The summed E-state index contributed by atoms with van der Waals surface area (Å²) in [5.74, 6) is -1.13. The smallest absolute Gasteiger partial charge is 0.126 e. The van der Waals surface area contributed by atoms with Gasteiger partial charge >= 0.3 is 0 Å². The van der Waals surface area contributed by atoms with Crippen molar-refractivity contribution in [1.29, 1.82) is 0 Å². The van der Waals surface area contributed by atoms with E-state index in [0.717, 1.165) is 10.9 Å². The molecule has 0 aliphatic heterocycles. The summed E-state index contributed by atoms with van der Waals surface area (Å²) in [5.41, 5.74) is 2.28. The van der Waals surface area contributed by atoms with Crippen LogP contribution in [0.2, 0.25) is 0 Å². The Bertz CT molecular complexity index is 465. The number of halogens is 2.